The molecule has 0 saturated carbocycles. The van der Waals surface area contributed by atoms with Gasteiger partial charge in [-0.15, -0.1) is 0 Å². The molecule has 2 aromatic carbocycles. The highest BCUT2D eigenvalue weighted by Gasteiger charge is 2.24. The second-order valence-electron chi connectivity index (χ2n) is 6.65. The van der Waals surface area contributed by atoms with Crippen LogP contribution in [0.3, 0.4) is 0 Å². The quantitative estimate of drug-likeness (QED) is 0.887. The number of hydrazone groups is 1. The third kappa shape index (κ3) is 3.03. The van der Waals surface area contributed by atoms with Crippen LogP contribution in [0, 0.1) is 13.8 Å². The summed E-state index contributed by atoms with van der Waals surface area (Å²) in [6, 6.07) is 15.4. The number of hydrogen-bond donors (Lipinski definition) is 1. The van der Waals surface area contributed by atoms with E-state index in [-0.39, 0.29) is 5.37 Å². The largest absolute Gasteiger partial charge is 0.372 e. The van der Waals surface area contributed by atoms with Gasteiger partial charge in [0, 0.05) is 24.3 Å². The molecule has 2 aromatic rings. The van der Waals surface area contributed by atoms with Gasteiger partial charge in [0.15, 0.2) is 0 Å². The third-order valence-corrected chi connectivity index (χ3v) is 5.96. The van der Waals surface area contributed by atoms with Gasteiger partial charge in [0.2, 0.25) is 0 Å². The molecule has 1 fully saturated rings. The first kappa shape index (κ1) is 15.6. The van der Waals surface area contributed by atoms with Gasteiger partial charge in [0.1, 0.15) is 10.4 Å². The molecule has 0 bridgehead atoms. The lowest BCUT2D eigenvalue weighted by Gasteiger charge is -2.20. The number of hydrogen-bond acceptors (Lipinski definition) is 4. The minimum Gasteiger partial charge on any atom is -0.372 e. The first-order valence-corrected chi connectivity index (χ1v) is 9.51. The molecular weight excluding hydrogens is 314 g/mol. The predicted octanol–water partition coefficient (Wildman–Crippen LogP) is 4.60. The fourth-order valence-electron chi connectivity index (χ4n) is 3.37. The summed E-state index contributed by atoms with van der Waals surface area (Å²) in [5.74, 6) is 0. The minimum atomic E-state index is 0.203. The molecule has 2 aliphatic heterocycles. The van der Waals surface area contributed by atoms with Gasteiger partial charge in [-0.25, -0.2) is 0 Å². The Bertz CT molecular complexity index is 761. The molecule has 24 heavy (non-hydrogen) atoms. The standard InChI is InChI=1S/C20H23N3S/c1-14-5-7-16(8-6-14)19-21-22-20(24-19)18-10-9-17(13-15(18)2)23-11-3-4-12-23/h5-10,13,20,22H,3-4,11-12H2,1-2H3/t20-/m1/s1. The molecule has 0 unspecified atom stereocenters. The van der Waals surface area contributed by atoms with E-state index in [2.05, 4.69) is 71.7 Å². The predicted molar refractivity (Wildman–Crippen MR) is 104 cm³/mol. The Morgan fingerprint density at radius 2 is 1.79 bits per heavy atom. The van der Waals surface area contributed by atoms with Crippen LogP contribution >= 0.6 is 11.8 Å². The Morgan fingerprint density at radius 3 is 2.50 bits per heavy atom. The van der Waals surface area contributed by atoms with Crippen molar-refractivity contribution in [2.75, 3.05) is 18.0 Å². The second kappa shape index (κ2) is 6.52. The first-order valence-electron chi connectivity index (χ1n) is 8.63. The van der Waals surface area contributed by atoms with Gasteiger partial charge in [0.05, 0.1) is 0 Å². The van der Waals surface area contributed by atoms with E-state index in [1.54, 1.807) is 11.8 Å². The summed E-state index contributed by atoms with van der Waals surface area (Å²) in [4.78, 5) is 2.49. The Morgan fingerprint density at radius 1 is 1.04 bits per heavy atom. The number of thioether (sulfide) groups is 1. The molecule has 0 radical (unpaired) electrons. The lowest BCUT2D eigenvalue weighted by Crippen LogP contribution is -2.18. The van der Waals surface area contributed by atoms with Crippen molar-refractivity contribution in [1.82, 2.24) is 5.43 Å². The molecule has 4 heteroatoms. The topological polar surface area (TPSA) is 27.6 Å². The maximum absolute atomic E-state index is 4.55. The summed E-state index contributed by atoms with van der Waals surface area (Å²) in [5, 5.41) is 5.83. The van der Waals surface area contributed by atoms with E-state index in [0.717, 1.165) is 5.04 Å². The molecule has 0 spiro atoms. The van der Waals surface area contributed by atoms with Crippen molar-refractivity contribution >= 4 is 22.5 Å². The number of benzene rings is 2. The van der Waals surface area contributed by atoms with Gasteiger partial charge in [-0.05, 0) is 49.9 Å². The lowest BCUT2D eigenvalue weighted by molar-refractivity contribution is 0.739. The molecule has 4 rings (SSSR count). The van der Waals surface area contributed by atoms with E-state index in [4.69, 9.17) is 0 Å². The summed E-state index contributed by atoms with van der Waals surface area (Å²) in [6.07, 6.45) is 2.63. The number of anilines is 1. The summed E-state index contributed by atoms with van der Waals surface area (Å²) in [6.45, 7) is 6.70. The Hall–Kier alpha value is -1.94. The van der Waals surface area contributed by atoms with Crippen molar-refractivity contribution < 1.29 is 0 Å². The van der Waals surface area contributed by atoms with Gasteiger partial charge in [-0.1, -0.05) is 47.7 Å². The maximum Gasteiger partial charge on any atom is 0.126 e. The SMILES string of the molecule is Cc1ccc(C2=NN[C@@H](c3ccc(N4CCCC4)cc3C)S2)cc1. The van der Waals surface area contributed by atoms with Crippen LogP contribution in [0.5, 0.6) is 0 Å². The van der Waals surface area contributed by atoms with Crippen molar-refractivity contribution in [2.45, 2.75) is 32.1 Å². The van der Waals surface area contributed by atoms with E-state index < -0.39 is 0 Å². The van der Waals surface area contributed by atoms with E-state index >= 15 is 0 Å². The van der Waals surface area contributed by atoms with Crippen molar-refractivity contribution in [1.29, 1.82) is 0 Å². The van der Waals surface area contributed by atoms with E-state index in [9.17, 15) is 0 Å². The molecule has 1 saturated heterocycles. The Balaban J connectivity index is 1.50. The molecule has 2 heterocycles. The van der Waals surface area contributed by atoms with Crippen molar-refractivity contribution in [2.24, 2.45) is 5.10 Å². The number of nitrogens with zero attached hydrogens (tertiary/aromatic N) is 2. The van der Waals surface area contributed by atoms with Gasteiger partial charge in [-0.3, -0.25) is 5.43 Å². The fraction of sp³-hybridized carbons (Fsp3) is 0.350. The van der Waals surface area contributed by atoms with Gasteiger partial charge in [-0.2, -0.15) is 5.10 Å². The summed E-state index contributed by atoms with van der Waals surface area (Å²) >= 11 is 1.80. The van der Waals surface area contributed by atoms with E-state index in [1.165, 1.54) is 53.9 Å². The van der Waals surface area contributed by atoms with Crippen molar-refractivity contribution in [3.05, 3.63) is 64.7 Å². The highest BCUT2D eigenvalue weighted by molar-refractivity contribution is 8.14. The highest BCUT2D eigenvalue weighted by atomic mass is 32.2. The smallest absolute Gasteiger partial charge is 0.126 e. The molecule has 1 N–H and O–H groups in total. The Labute approximate surface area is 148 Å². The van der Waals surface area contributed by atoms with Crippen LogP contribution in [0.25, 0.3) is 0 Å². The number of nitrogens with one attached hydrogen (secondary N) is 1. The summed E-state index contributed by atoms with van der Waals surface area (Å²) in [7, 11) is 0. The van der Waals surface area contributed by atoms with Crippen LogP contribution in [-0.2, 0) is 0 Å². The first-order chi connectivity index (χ1) is 11.7. The van der Waals surface area contributed by atoms with Crippen LogP contribution in [-0.4, -0.2) is 18.1 Å². The zero-order chi connectivity index (χ0) is 16.5. The van der Waals surface area contributed by atoms with Crippen LogP contribution < -0.4 is 10.3 Å². The molecule has 1 atom stereocenters. The molecule has 0 aromatic heterocycles. The van der Waals surface area contributed by atoms with Crippen LogP contribution in [0.4, 0.5) is 5.69 Å². The minimum absolute atomic E-state index is 0.203. The summed E-state index contributed by atoms with van der Waals surface area (Å²) < 4.78 is 0. The fourth-order valence-corrected chi connectivity index (χ4v) is 4.47. The average Bonchev–Trinajstić information content (AvgIpc) is 3.27. The molecule has 2 aliphatic rings. The number of rotatable bonds is 3. The van der Waals surface area contributed by atoms with E-state index in [0.29, 0.717) is 0 Å². The van der Waals surface area contributed by atoms with Gasteiger partial charge in [0.25, 0.3) is 0 Å². The number of aryl methyl sites for hydroxylation is 2. The molecule has 0 amide bonds. The highest BCUT2D eigenvalue weighted by Crippen LogP contribution is 2.37. The monoisotopic (exact) mass is 337 g/mol. The maximum atomic E-state index is 4.55. The molecule has 124 valence electrons. The van der Waals surface area contributed by atoms with Gasteiger partial charge >= 0.3 is 0 Å². The third-order valence-electron chi connectivity index (χ3n) is 4.82. The van der Waals surface area contributed by atoms with E-state index in [1.807, 2.05) is 0 Å². The van der Waals surface area contributed by atoms with Crippen LogP contribution in [0.15, 0.2) is 47.6 Å². The molecular formula is C20H23N3S. The second-order valence-corrected chi connectivity index (χ2v) is 7.74. The molecule has 3 nitrogen and oxygen atoms in total. The zero-order valence-electron chi connectivity index (χ0n) is 14.2. The van der Waals surface area contributed by atoms with Crippen LogP contribution in [0.1, 0.15) is 40.5 Å². The van der Waals surface area contributed by atoms with Crippen molar-refractivity contribution in [3.8, 4) is 0 Å². The molecule has 0 aliphatic carbocycles. The zero-order valence-corrected chi connectivity index (χ0v) is 15.1. The summed E-state index contributed by atoms with van der Waals surface area (Å²) in [5.41, 5.74) is 9.79. The average molecular weight is 337 g/mol. The van der Waals surface area contributed by atoms with Crippen LogP contribution in [0.2, 0.25) is 0 Å². The normalized spacial score (nSPS) is 20.2. The lowest BCUT2D eigenvalue weighted by atomic mass is 10.1. The van der Waals surface area contributed by atoms with Gasteiger partial charge < -0.3 is 4.90 Å². The Kier molecular flexibility index (Phi) is 4.23. The van der Waals surface area contributed by atoms with Crippen molar-refractivity contribution in [3.63, 3.8) is 0 Å².